The van der Waals surface area contributed by atoms with Crippen molar-refractivity contribution in [3.8, 4) is 11.5 Å². The van der Waals surface area contributed by atoms with Gasteiger partial charge in [-0.15, -0.1) is 22.6 Å². The number of aromatic nitrogens is 2. The fourth-order valence-electron chi connectivity index (χ4n) is 3.98. The molecular weight excluding hydrogens is 402 g/mol. The molecule has 0 spiro atoms. The maximum atomic E-state index is 6.09. The summed E-state index contributed by atoms with van der Waals surface area (Å²) >= 11 is 0. The van der Waals surface area contributed by atoms with Crippen LogP contribution in [-0.4, -0.2) is 30.1 Å². The number of hydrogen-bond donors (Lipinski definition) is 2. The Morgan fingerprint density at radius 2 is 1.83 bits per heavy atom. The van der Waals surface area contributed by atoms with E-state index in [4.69, 9.17) is 15.2 Å². The summed E-state index contributed by atoms with van der Waals surface area (Å²) in [7, 11) is 0. The van der Waals surface area contributed by atoms with E-state index < -0.39 is 0 Å². The number of nitrogen functional groups attached to an aromatic ring is 1. The lowest BCUT2D eigenvalue weighted by atomic mass is 9.99. The van der Waals surface area contributed by atoms with Crippen LogP contribution in [0.1, 0.15) is 25.3 Å². The summed E-state index contributed by atoms with van der Waals surface area (Å²) in [6.07, 6.45) is 2.37. The molecule has 0 radical (unpaired) electrons. The molecule has 1 fully saturated rings. The highest BCUT2D eigenvalue weighted by atomic mass is 35.5. The van der Waals surface area contributed by atoms with Crippen LogP contribution in [0.15, 0.2) is 36.4 Å². The molecule has 0 bridgehead atoms. The summed E-state index contributed by atoms with van der Waals surface area (Å²) in [5, 5.41) is 14.6. The molecule has 2 aromatic carbocycles. The Kier molecular flexibility index (Phi) is 5.72. The molecule has 3 heterocycles. The largest absolute Gasteiger partial charge is 0.454 e. The first-order valence-electron chi connectivity index (χ1n) is 10.1. The van der Waals surface area contributed by atoms with E-state index in [0.717, 1.165) is 64.2 Å². The SMILES string of the molecule is CC1CCN(c2nnc(NCc3ccc4c(c3)OCO4)c3cc(N)ccc23)CC1.Cl. The molecule has 0 amide bonds. The van der Waals surface area contributed by atoms with E-state index in [-0.39, 0.29) is 19.2 Å². The van der Waals surface area contributed by atoms with Gasteiger partial charge in [0, 0.05) is 36.1 Å². The number of hydrogen-bond acceptors (Lipinski definition) is 7. The van der Waals surface area contributed by atoms with E-state index in [1.807, 2.05) is 30.3 Å². The van der Waals surface area contributed by atoms with Crippen LogP contribution in [0.4, 0.5) is 17.3 Å². The predicted octanol–water partition coefficient (Wildman–Crippen LogP) is 4.21. The zero-order chi connectivity index (χ0) is 19.8. The smallest absolute Gasteiger partial charge is 0.231 e. The van der Waals surface area contributed by atoms with Gasteiger partial charge >= 0.3 is 0 Å². The molecule has 30 heavy (non-hydrogen) atoms. The van der Waals surface area contributed by atoms with Crippen LogP contribution in [0.2, 0.25) is 0 Å². The second kappa shape index (κ2) is 8.44. The average molecular weight is 428 g/mol. The van der Waals surface area contributed by atoms with Crippen LogP contribution in [0.5, 0.6) is 11.5 Å². The third-order valence-electron chi connectivity index (χ3n) is 5.76. The van der Waals surface area contributed by atoms with Crippen molar-refractivity contribution in [2.75, 3.05) is 35.8 Å². The molecule has 0 unspecified atom stereocenters. The zero-order valence-electron chi connectivity index (χ0n) is 16.9. The molecular formula is C22H26ClN5O2. The van der Waals surface area contributed by atoms with Crippen molar-refractivity contribution in [3.63, 3.8) is 0 Å². The zero-order valence-corrected chi connectivity index (χ0v) is 17.7. The van der Waals surface area contributed by atoms with Gasteiger partial charge < -0.3 is 25.4 Å². The minimum Gasteiger partial charge on any atom is -0.454 e. The number of rotatable bonds is 4. The number of nitrogens with one attached hydrogen (secondary N) is 1. The molecule has 158 valence electrons. The average Bonchev–Trinajstić information content (AvgIpc) is 3.20. The van der Waals surface area contributed by atoms with Crippen LogP contribution in [0.25, 0.3) is 10.8 Å². The van der Waals surface area contributed by atoms with E-state index in [1.165, 1.54) is 12.8 Å². The Hall–Kier alpha value is -2.93. The van der Waals surface area contributed by atoms with Crippen molar-refractivity contribution < 1.29 is 9.47 Å². The Labute approximate surface area is 182 Å². The molecule has 0 atom stereocenters. The second-order valence-corrected chi connectivity index (χ2v) is 7.89. The normalized spacial score (nSPS) is 15.8. The molecule has 0 saturated carbocycles. The van der Waals surface area contributed by atoms with Crippen LogP contribution >= 0.6 is 12.4 Å². The van der Waals surface area contributed by atoms with Crippen LogP contribution in [-0.2, 0) is 6.54 Å². The Morgan fingerprint density at radius 1 is 1.03 bits per heavy atom. The molecule has 1 saturated heterocycles. The highest BCUT2D eigenvalue weighted by Gasteiger charge is 2.21. The van der Waals surface area contributed by atoms with Crippen LogP contribution in [0.3, 0.4) is 0 Å². The Morgan fingerprint density at radius 3 is 2.67 bits per heavy atom. The summed E-state index contributed by atoms with van der Waals surface area (Å²) in [4.78, 5) is 2.34. The van der Waals surface area contributed by atoms with Gasteiger partial charge in [0.25, 0.3) is 0 Å². The van der Waals surface area contributed by atoms with Gasteiger partial charge in [-0.2, -0.15) is 0 Å². The number of nitrogens with two attached hydrogens (primary N) is 1. The number of anilines is 3. The number of piperidine rings is 1. The fourth-order valence-corrected chi connectivity index (χ4v) is 3.98. The van der Waals surface area contributed by atoms with Gasteiger partial charge in [0.05, 0.1) is 0 Å². The van der Waals surface area contributed by atoms with Crippen LogP contribution in [0, 0.1) is 5.92 Å². The minimum absolute atomic E-state index is 0. The van der Waals surface area contributed by atoms with Gasteiger partial charge in [-0.05, 0) is 54.7 Å². The summed E-state index contributed by atoms with van der Waals surface area (Å²) in [5.74, 6) is 4.01. The highest BCUT2D eigenvalue weighted by Crippen LogP contribution is 2.34. The molecule has 8 heteroatoms. The molecule has 0 aliphatic carbocycles. The monoisotopic (exact) mass is 427 g/mol. The van der Waals surface area contributed by atoms with E-state index in [0.29, 0.717) is 6.54 Å². The van der Waals surface area contributed by atoms with Gasteiger partial charge in [0.15, 0.2) is 23.1 Å². The van der Waals surface area contributed by atoms with Crippen molar-refractivity contribution in [3.05, 3.63) is 42.0 Å². The number of benzene rings is 2. The van der Waals surface area contributed by atoms with Crippen molar-refractivity contribution in [2.24, 2.45) is 5.92 Å². The quantitative estimate of drug-likeness (QED) is 0.603. The molecule has 2 aliphatic heterocycles. The number of halogens is 1. The topological polar surface area (TPSA) is 85.5 Å². The number of fused-ring (bicyclic) bond motifs is 2. The lowest BCUT2D eigenvalue weighted by Gasteiger charge is -2.31. The van der Waals surface area contributed by atoms with Gasteiger partial charge in [-0.1, -0.05) is 13.0 Å². The van der Waals surface area contributed by atoms with Crippen molar-refractivity contribution in [1.82, 2.24) is 10.2 Å². The third-order valence-corrected chi connectivity index (χ3v) is 5.76. The molecule has 3 N–H and O–H groups in total. The fraction of sp³-hybridized carbons (Fsp3) is 0.364. The van der Waals surface area contributed by atoms with Gasteiger partial charge in [0.1, 0.15) is 0 Å². The predicted molar refractivity (Wildman–Crippen MR) is 122 cm³/mol. The maximum absolute atomic E-state index is 6.09. The van der Waals surface area contributed by atoms with E-state index >= 15 is 0 Å². The maximum Gasteiger partial charge on any atom is 0.231 e. The molecule has 3 aromatic rings. The summed E-state index contributed by atoms with van der Waals surface area (Å²) in [6, 6.07) is 11.9. The van der Waals surface area contributed by atoms with E-state index in [1.54, 1.807) is 0 Å². The first-order chi connectivity index (χ1) is 14.2. The minimum atomic E-state index is 0. The lowest BCUT2D eigenvalue weighted by molar-refractivity contribution is 0.174. The first-order valence-corrected chi connectivity index (χ1v) is 10.1. The van der Waals surface area contributed by atoms with Crippen molar-refractivity contribution >= 4 is 40.5 Å². The number of ether oxygens (including phenoxy) is 2. The molecule has 7 nitrogen and oxygen atoms in total. The Balaban J connectivity index is 0.00000218. The lowest BCUT2D eigenvalue weighted by Crippen LogP contribution is -2.33. The standard InChI is InChI=1S/C22H25N5O2.ClH/c1-14-6-8-27(9-7-14)22-17-4-3-16(23)11-18(17)21(25-26-22)24-12-15-2-5-19-20(10-15)29-13-28-19;/h2-5,10-11,14H,6-9,12-13,23H2,1H3,(H,24,25);1H. The van der Waals surface area contributed by atoms with E-state index in [9.17, 15) is 0 Å². The molecule has 5 rings (SSSR count). The third kappa shape index (κ3) is 3.89. The Bertz CT molecular complexity index is 1050. The van der Waals surface area contributed by atoms with E-state index in [2.05, 4.69) is 33.4 Å². The van der Waals surface area contributed by atoms with Gasteiger partial charge in [0.2, 0.25) is 6.79 Å². The summed E-state index contributed by atoms with van der Waals surface area (Å²) < 4.78 is 10.8. The molecule has 2 aliphatic rings. The van der Waals surface area contributed by atoms with Gasteiger partial charge in [-0.25, -0.2) is 0 Å². The van der Waals surface area contributed by atoms with Crippen LogP contribution < -0.4 is 25.4 Å². The van der Waals surface area contributed by atoms with Gasteiger partial charge in [-0.3, -0.25) is 0 Å². The molecule has 1 aromatic heterocycles. The van der Waals surface area contributed by atoms with Crippen molar-refractivity contribution in [1.29, 1.82) is 0 Å². The second-order valence-electron chi connectivity index (χ2n) is 7.89. The number of nitrogens with zero attached hydrogens (tertiary/aromatic N) is 3. The van der Waals surface area contributed by atoms with Crippen molar-refractivity contribution in [2.45, 2.75) is 26.3 Å². The first kappa shape index (κ1) is 20.3. The highest BCUT2D eigenvalue weighted by molar-refractivity contribution is 6.00. The summed E-state index contributed by atoms with van der Waals surface area (Å²) in [6.45, 7) is 5.22. The summed E-state index contributed by atoms with van der Waals surface area (Å²) in [5.41, 5.74) is 7.89.